The van der Waals surface area contributed by atoms with Crippen LogP contribution < -0.4 is 5.32 Å². The van der Waals surface area contributed by atoms with Gasteiger partial charge in [0.2, 0.25) is 16.4 Å². The van der Waals surface area contributed by atoms with Gasteiger partial charge in [0.1, 0.15) is 5.82 Å². The second-order valence-corrected chi connectivity index (χ2v) is 8.54. The van der Waals surface area contributed by atoms with Crippen molar-refractivity contribution in [2.75, 3.05) is 18.4 Å². The number of amides is 1. The van der Waals surface area contributed by atoms with Crippen molar-refractivity contribution in [2.24, 2.45) is 0 Å². The molecule has 0 spiro atoms. The fourth-order valence-corrected chi connectivity index (χ4v) is 4.95. The third-order valence-electron chi connectivity index (χ3n) is 4.97. The van der Waals surface area contributed by atoms with E-state index < -0.39 is 10.0 Å². The molecule has 140 valence electrons. The van der Waals surface area contributed by atoms with Gasteiger partial charge < -0.3 is 10.3 Å². The zero-order valence-electron chi connectivity index (χ0n) is 14.6. The minimum Gasteiger partial charge on any atom is -0.342 e. The number of hydrogen-bond donors (Lipinski definition) is 2. The number of nitrogens with one attached hydrogen (secondary N) is 2. The van der Waals surface area contributed by atoms with Crippen LogP contribution in [0, 0.1) is 0 Å². The SMILES string of the molecule is O=CNc1ccc(S(=O)(=O)N2CCC(c3nc4ccccc4[nH]3)CC2)cc1. The fraction of sp³-hybridized carbons (Fsp3) is 0.263. The molecule has 7 nitrogen and oxygen atoms in total. The van der Waals surface area contributed by atoms with E-state index in [1.807, 2.05) is 24.3 Å². The van der Waals surface area contributed by atoms with Crippen molar-refractivity contribution in [3.05, 3.63) is 54.4 Å². The summed E-state index contributed by atoms with van der Waals surface area (Å²) in [5, 5.41) is 2.50. The Labute approximate surface area is 157 Å². The van der Waals surface area contributed by atoms with E-state index in [1.54, 1.807) is 12.1 Å². The van der Waals surface area contributed by atoms with Gasteiger partial charge in [0.05, 0.1) is 15.9 Å². The van der Waals surface area contributed by atoms with Crippen LogP contribution in [0.25, 0.3) is 11.0 Å². The van der Waals surface area contributed by atoms with E-state index in [0.717, 1.165) is 29.7 Å². The molecule has 4 rings (SSSR count). The normalized spacial score (nSPS) is 16.4. The highest BCUT2D eigenvalue weighted by Gasteiger charge is 2.31. The van der Waals surface area contributed by atoms with E-state index in [0.29, 0.717) is 25.2 Å². The minimum absolute atomic E-state index is 0.225. The van der Waals surface area contributed by atoms with Crippen LogP contribution in [0.5, 0.6) is 0 Å². The second-order valence-electron chi connectivity index (χ2n) is 6.60. The molecular formula is C19H20N4O3S. The summed E-state index contributed by atoms with van der Waals surface area (Å²) in [6.45, 7) is 0.913. The van der Waals surface area contributed by atoms with Gasteiger partial charge in [0.15, 0.2) is 0 Å². The van der Waals surface area contributed by atoms with Gasteiger partial charge in [-0.15, -0.1) is 0 Å². The molecule has 2 heterocycles. The molecule has 2 aromatic carbocycles. The Morgan fingerprint density at radius 1 is 1.07 bits per heavy atom. The third kappa shape index (κ3) is 3.45. The average molecular weight is 384 g/mol. The maximum atomic E-state index is 12.9. The molecule has 1 aliphatic rings. The Morgan fingerprint density at radius 3 is 2.44 bits per heavy atom. The third-order valence-corrected chi connectivity index (χ3v) is 6.88. The van der Waals surface area contributed by atoms with E-state index in [2.05, 4.69) is 15.3 Å². The van der Waals surface area contributed by atoms with Crippen LogP contribution in [0.1, 0.15) is 24.6 Å². The van der Waals surface area contributed by atoms with Gasteiger partial charge >= 0.3 is 0 Å². The lowest BCUT2D eigenvalue weighted by Crippen LogP contribution is -2.38. The van der Waals surface area contributed by atoms with Gasteiger partial charge in [-0.1, -0.05) is 12.1 Å². The lowest BCUT2D eigenvalue weighted by Gasteiger charge is -2.30. The number of nitrogens with zero attached hydrogens (tertiary/aromatic N) is 2. The Hall–Kier alpha value is -2.71. The molecule has 3 aromatic rings. The molecule has 1 amide bonds. The van der Waals surface area contributed by atoms with Crippen molar-refractivity contribution in [2.45, 2.75) is 23.7 Å². The topological polar surface area (TPSA) is 95.2 Å². The number of carbonyl (C=O) groups is 1. The van der Waals surface area contributed by atoms with Crippen LogP contribution in [-0.4, -0.2) is 42.2 Å². The Balaban J connectivity index is 1.46. The van der Waals surface area contributed by atoms with Crippen LogP contribution in [0.2, 0.25) is 0 Å². The van der Waals surface area contributed by atoms with E-state index in [-0.39, 0.29) is 10.8 Å². The second kappa shape index (κ2) is 7.13. The maximum Gasteiger partial charge on any atom is 0.243 e. The highest BCUT2D eigenvalue weighted by molar-refractivity contribution is 7.89. The summed E-state index contributed by atoms with van der Waals surface area (Å²) in [6.07, 6.45) is 2.01. The van der Waals surface area contributed by atoms with Crippen LogP contribution in [0.4, 0.5) is 5.69 Å². The Morgan fingerprint density at radius 2 is 1.78 bits per heavy atom. The molecule has 2 N–H and O–H groups in total. The number of aromatic amines is 1. The molecule has 0 radical (unpaired) electrons. The monoisotopic (exact) mass is 384 g/mol. The van der Waals surface area contributed by atoms with Crippen molar-refractivity contribution in [1.29, 1.82) is 0 Å². The molecule has 1 aliphatic heterocycles. The lowest BCUT2D eigenvalue weighted by atomic mass is 9.97. The highest BCUT2D eigenvalue weighted by atomic mass is 32.2. The number of aromatic nitrogens is 2. The first-order chi connectivity index (χ1) is 13.1. The molecule has 0 saturated carbocycles. The molecule has 27 heavy (non-hydrogen) atoms. The van der Waals surface area contributed by atoms with Crippen molar-refractivity contribution >= 4 is 33.2 Å². The van der Waals surface area contributed by atoms with Crippen molar-refractivity contribution in [3.63, 3.8) is 0 Å². The highest BCUT2D eigenvalue weighted by Crippen LogP contribution is 2.30. The zero-order chi connectivity index (χ0) is 18.9. The number of H-pyrrole nitrogens is 1. The Kier molecular flexibility index (Phi) is 4.67. The molecule has 0 bridgehead atoms. The predicted octanol–water partition coefficient (Wildman–Crippen LogP) is 2.70. The number of carbonyl (C=O) groups excluding carboxylic acids is 1. The number of imidazole rings is 1. The predicted molar refractivity (Wildman–Crippen MR) is 103 cm³/mol. The summed E-state index contributed by atoms with van der Waals surface area (Å²) in [7, 11) is -3.54. The average Bonchev–Trinajstić information content (AvgIpc) is 3.13. The molecule has 0 unspecified atom stereocenters. The van der Waals surface area contributed by atoms with Gasteiger partial charge in [-0.05, 0) is 49.2 Å². The van der Waals surface area contributed by atoms with E-state index in [9.17, 15) is 13.2 Å². The largest absolute Gasteiger partial charge is 0.342 e. The maximum absolute atomic E-state index is 12.9. The molecule has 1 saturated heterocycles. The number of anilines is 1. The van der Waals surface area contributed by atoms with Gasteiger partial charge in [0.25, 0.3) is 0 Å². The van der Waals surface area contributed by atoms with Gasteiger partial charge in [-0.2, -0.15) is 4.31 Å². The molecular weight excluding hydrogens is 364 g/mol. The number of benzene rings is 2. The van der Waals surface area contributed by atoms with Crippen molar-refractivity contribution in [3.8, 4) is 0 Å². The first kappa shape index (κ1) is 17.7. The van der Waals surface area contributed by atoms with Crippen LogP contribution in [0.15, 0.2) is 53.4 Å². The number of fused-ring (bicyclic) bond motifs is 1. The first-order valence-electron chi connectivity index (χ1n) is 8.83. The van der Waals surface area contributed by atoms with Crippen molar-refractivity contribution in [1.82, 2.24) is 14.3 Å². The summed E-state index contributed by atoms with van der Waals surface area (Å²) >= 11 is 0. The number of piperidine rings is 1. The molecule has 1 aromatic heterocycles. The standard InChI is InChI=1S/C19H20N4O3S/c24-13-20-15-5-7-16(8-6-15)27(25,26)23-11-9-14(10-12-23)19-21-17-3-1-2-4-18(17)22-19/h1-8,13-14H,9-12H2,(H,20,24)(H,21,22). The van der Waals surface area contributed by atoms with Crippen LogP contribution in [0.3, 0.4) is 0 Å². The fourth-order valence-electron chi connectivity index (χ4n) is 3.48. The number of hydrogen-bond acceptors (Lipinski definition) is 4. The van der Waals surface area contributed by atoms with Crippen molar-refractivity contribution < 1.29 is 13.2 Å². The quantitative estimate of drug-likeness (QED) is 0.661. The summed E-state index contributed by atoms with van der Waals surface area (Å²) in [4.78, 5) is 18.7. The lowest BCUT2D eigenvalue weighted by molar-refractivity contribution is -0.105. The molecule has 1 fully saturated rings. The summed E-state index contributed by atoms with van der Waals surface area (Å²) in [5.41, 5.74) is 2.51. The summed E-state index contributed by atoms with van der Waals surface area (Å²) < 4.78 is 27.2. The van der Waals surface area contributed by atoms with E-state index >= 15 is 0 Å². The van der Waals surface area contributed by atoms with Crippen LogP contribution in [-0.2, 0) is 14.8 Å². The van der Waals surface area contributed by atoms with Gasteiger partial charge in [-0.3, -0.25) is 4.79 Å². The number of rotatable bonds is 5. The molecule has 0 atom stereocenters. The van der Waals surface area contributed by atoms with E-state index in [1.165, 1.54) is 16.4 Å². The Bertz CT molecular complexity index is 1020. The number of sulfonamides is 1. The smallest absolute Gasteiger partial charge is 0.243 e. The summed E-state index contributed by atoms with van der Waals surface area (Å²) in [6, 6.07) is 14.1. The summed E-state index contributed by atoms with van der Waals surface area (Å²) in [5.74, 6) is 1.15. The van der Waals surface area contributed by atoms with Crippen LogP contribution >= 0.6 is 0 Å². The minimum atomic E-state index is -3.54. The molecule has 0 aliphatic carbocycles. The van der Waals surface area contributed by atoms with E-state index in [4.69, 9.17) is 0 Å². The molecule has 8 heteroatoms. The van der Waals surface area contributed by atoms with Gasteiger partial charge in [0, 0.05) is 24.7 Å². The zero-order valence-corrected chi connectivity index (χ0v) is 15.4. The number of para-hydroxylation sites is 2. The van der Waals surface area contributed by atoms with Gasteiger partial charge in [-0.25, -0.2) is 13.4 Å². The first-order valence-corrected chi connectivity index (χ1v) is 10.3.